The molecular weight excluding hydrogens is 413 g/mol. The van der Waals surface area contributed by atoms with E-state index in [-0.39, 0.29) is 24.3 Å². The molecule has 162 valence electrons. The first-order valence-corrected chi connectivity index (χ1v) is 12.0. The van der Waals surface area contributed by atoms with Crippen molar-refractivity contribution in [1.29, 1.82) is 0 Å². The first-order valence-electron chi connectivity index (χ1n) is 9.10. The van der Waals surface area contributed by atoms with Gasteiger partial charge in [0.25, 0.3) is 10.1 Å². The number of halogens is 2. The van der Waals surface area contributed by atoms with Gasteiger partial charge in [-0.05, 0) is 59.6 Å². The highest BCUT2D eigenvalue weighted by Crippen LogP contribution is 2.65. The monoisotopic (exact) mass is 442 g/mol. The zero-order valence-electron chi connectivity index (χ0n) is 16.9. The normalized spacial score (nSPS) is 13.5. The molecule has 0 spiro atoms. The van der Waals surface area contributed by atoms with Gasteiger partial charge >= 0.3 is 13.3 Å². The Kier molecular flexibility index (Phi) is 9.22. The van der Waals surface area contributed by atoms with Crippen LogP contribution in [0.5, 0.6) is 0 Å². The van der Waals surface area contributed by atoms with Gasteiger partial charge in [0.1, 0.15) is 0 Å². The highest BCUT2D eigenvalue weighted by atomic mass is 32.2. The van der Waals surface area contributed by atoms with Crippen LogP contribution in [-0.4, -0.2) is 32.9 Å². The van der Waals surface area contributed by atoms with Crippen LogP contribution in [0.15, 0.2) is 29.2 Å². The van der Waals surface area contributed by atoms with Crippen molar-refractivity contribution < 1.29 is 35.0 Å². The van der Waals surface area contributed by atoms with E-state index in [2.05, 4.69) is 0 Å². The molecule has 0 bridgehead atoms. The molecule has 0 radical (unpaired) electrons. The van der Waals surface area contributed by atoms with Gasteiger partial charge in [-0.25, -0.2) is 0 Å². The van der Waals surface area contributed by atoms with E-state index in [0.717, 1.165) is 5.56 Å². The zero-order valence-corrected chi connectivity index (χ0v) is 18.6. The van der Waals surface area contributed by atoms with Gasteiger partial charge in [0.05, 0.1) is 23.7 Å². The first kappa shape index (κ1) is 25.2. The van der Waals surface area contributed by atoms with Crippen LogP contribution >= 0.6 is 7.60 Å². The minimum atomic E-state index is -4.66. The predicted molar refractivity (Wildman–Crippen MR) is 103 cm³/mol. The van der Waals surface area contributed by atoms with Crippen molar-refractivity contribution in [2.75, 3.05) is 6.61 Å². The number of aryl methyl sites for hydroxylation is 1. The quantitative estimate of drug-likeness (QED) is 0.241. The molecule has 28 heavy (non-hydrogen) atoms. The van der Waals surface area contributed by atoms with Crippen molar-refractivity contribution in [2.45, 2.75) is 76.6 Å². The molecule has 0 atom stereocenters. The lowest BCUT2D eigenvalue weighted by Gasteiger charge is -2.29. The first-order chi connectivity index (χ1) is 12.8. The summed E-state index contributed by atoms with van der Waals surface area (Å²) in [6.07, 6.45) is -2.22. The smallest absolute Gasteiger partial charge is 0.302 e. The van der Waals surface area contributed by atoms with Crippen molar-refractivity contribution in [3.63, 3.8) is 0 Å². The van der Waals surface area contributed by atoms with Crippen LogP contribution in [0.3, 0.4) is 0 Å². The number of hydrogen-bond donors (Lipinski definition) is 0. The third-order valence-corrected chi connectivity index (χ3v) is 7.27. The maximum atomic E-state index is 14.5. The molecular formula is C18H29F2O6PS. The molecule has 6 nitrogen and oxygen atoms in total. The van der Waals surface area contributed by atoms with Crippen LogP contribution in [0.2, 0.25) is 0 Å². The molecule has 1 rings (SSSR count). The van der Waals surface area contributed by atoms with Crippen LogP contribution in [-0.2, 0) is 27.9 Å². The maximum Gasteiger partial charge on any atom is 0.400 e. The molecule has 0 saturated carbocycles. The van der Waals surface area contributed by atoms with Gasteiger partial charge in [-0.2, -0.15) is 17.2 Å². The number of unbranched alkanes of at least 4 members (excludes halogenated alkanes) is 1. The molecule has 0 heterocycles. The number of hydrogen-bond acceptors (Lipinski definition) is 6. The van der Waals surface area contributed by atoms with Crippen molar-refractivity contribution in [1.82, 2.24) is 0 Å². The van der Waals surface area contributed by atoms with Gasteiger partial charge in [-0.1, -0.05) is 17.7 Å². The Bertz CT molecular complexity index is 749. The third-order valence-electron chi connectivity index (χ3n) is 3.52. The van der Waals surface area contributed by atoms with Gasteiger partial charge in [-0.3, -0.25) is 8.75 Å². The summed E-state index contributed by atoms with van der Waals surface area (Å²) in [4.78, 5) is 0.00333. The van der Waals surface area contributed by atoms with E-state index in [0.29, 0.717) is 0 Å². The molecule has 0 saturated heterocycles. The Morgan fingerprint density at radius 3 is 1.96 bits per heavy atom. The second-order valence-electron chi connectivity index (χ2n) is 7.02. The summed E-state index contributed by atoms with van der Waals surface area (Å²) >= 11 is 0. The fraction of sp³-hybridized carbons (Fsp3) is 0.667. The molecule has 1 aromatic carbocycles. The summed E-state index contributed by atoms with van der Waals surface area (Å²) < 4.78 is 80.4. The molecule has 1 aromatic rings. The van der Waals surface area contributed by atoms with E-state index in [1.54, 1.807) is 12.1 Å². The van der Waals surface area contributed by atoms with Crippen molar-refractivity contribution >= 4 is 17.7 Å². The van der Waals surface area contributed by atoms with Gasteiger partial charge < -0.3 is 9.05 Å². The minimum absolute atomic E-state index is 0.00333. The largest absolute Gasteiger partial charge is 0.400 e. The lowest BCUT2D eigenvalue weighted by Crippen LogP contribution is -2.24. The van der Waals surface area contributed by atoms with E-state index in [4.69, 9.17) is 13.2 Å². The van der Waals surface area contributed by atoms with Crippen LogP contribution in [0.4, 0.5) is 8.78 Å². The van der Waals surface area contributed by atoms with Gasteiger partial charge in [0.2, 0.25) is 0 Å². The van der Waals surface area contributed by atoms with Crippen molar-refractivity contribution in [2.24, 2.45) is 0 Å². The second-order valence-corrected chi connectivity index (χ2v) is 10.7. The zero-order chi connectivity index (χ0) is 21.6. The third kappa shape index (κ3) is 7.52. The number of alkyl halides is 2. The van der Waals surface area contributed by atoms with E-state index < -0.39 is 42.0 Å². The molecule has 0 unspecified atom stereocenters. The predicted octanol–water partition coefficient (Wildman–Crippen LogP) is 5.51. The highest BCUT2D eigenvalue weighted by molar-refractivity contribution is 7.86. The molecule has 0 aromatic heterocycles. The summed E-state index contributed by atoms with van der Waals surface area (Å²) in [5, 5.41) is 0. The molecule has 0 N–H and O–H groups in total. The average Bonchev–Trinajstić information content (AvgIpc) is 2.53. The van der Waals surface area contributed by atoms with Crippen molar-refractivity contribution in [3.05, 3.63) is 29.8 Å². The Labute approximate surface area is 166 Å². The summed E-state index contributed by atoms with van der Waals surface area (Å²) in [5.74, 6) is 0. The topological polar surface area (TPSA) is 78.9 Å². The second kappa shape index (κ2) is 10.3. The maximum absolute atomic E-state index is 14.5. The van der Waals surface area contributed by atoms with Crippen LogP contribution in [0.1, 0.15) is 52.5 Å². The number of rotatable bonds is 12. The summed E-state index contributed by atoms with van der Waals surface area (Å²) in [7, 11) is -8.61. The SMILES string of the molecule is Cc1ccc(S(=O)(=O)OCCCCC(F)(F)P(=O)(OC(C)C)OC(C)C)cc1. The van der Waals surface area contributed by atoms with Gasteiger partial charge in [0, 0.05) is 6.42 Å². The minimum Gasteiger partial charge on any atom is -0.302 e. The lowest BCUT2D eigenvalue weighted by molar-refractivity contribution is 0.0118. The highest BCUT2D eigenvalue weighted by Gasteiger charge is 2.53. The Hall–Kier alpha value is -0.860. The molecule has 0 aliphatic rings. The lowest BCUT2D eigenvalue weighted by atomic mass is 10.2. The average molecular weight is 442 g/mol. The Morgan fingerprint density at radius 2 is 1.50 bits per heavy atom. The molecule has 0 amide bonds. The molecule has 10 heteroatoms. The van der Waals surface area contributed by atoms with E-state index >= 15 is 0 Å². The van der Waals surface area contributed by atoms with Crippen molar-refractivity contribution in [3.8, 4) is 0 Å². The Balaban J connectivity index is 2.60. The van der Waals surface area contributed by atoms with E-state index in [1.165, 1.54) is 39.8 Å². The number of benzene rings is 1. The van der Waals surface area contributed by atoms with Crippen LogP contribution in [0.25, 0.3) is 0 Å². The van der Waals surface area contributed by atoms with Crippen LogP contribution in [0, 0.1) is 6.92 Å². The Morgan fingerprint density at radius 1 is 1.00 bits per heavy atom. The fourth-order valence-corrected chi connectivity index (χ4v) is 5.10. The standard InChI is InChI=1S/C18H29F2O6PS/c1-14(2)25-27(21,26-15(3)4)18(19,20)12-6-7-13-24-28(22,23)17-10-8-16(5)9-11-17/h8-11,14-15H,6-7,12-13H2,1-5H3. The fourth-order valence-electron chi connectivity index (χ4n) is 2.25. The molecule has 0 fully saturated rings. The summed E-state index contributed by atoms with van der Waals surface area (Å²) in [6, 6.07) is 6.11. The molecule has 0 aliphatic heterocycles. The van der Waals surface area contributed by atoms with E-state index in [1.807, 2.05) is 6.92 Å². The summed E-state index contributed by atoms with van der Waals surface area (Å²) in [6.45, 7) is 7.55. The van der Waals surface area contributed by atoms with Crippen LogP contribution < -0.4 is 0 Å². The van der Waals surface area contributed by atoms with E-state index in [9.17, 15) is 21.8 Å². The molecule has 0 aliphatic carbocycles. The van der Waals surface area contributed by atoms with Gasteiger partial charge in [0.15, 0.2) is 0 Å². The summed E-state index contributed by atoms with van der Waals surface area (Å²) in [5.41, 5.74) is -2.78. The van der Waals surface area contributed by atoms with Gasteiger partial charge in [-0.15, -0.1) is 0 Å².